The smallest absolute Gasteiger partial charge is 0.464 e. The molecule has 0 bridgehead atoms. The molecule has 0 saturated heterocycles. The molecule has 1 aromatic heterocycles. The first kappa shape index (κ1) is 18.6. The lowest BCUT2D eigenvalue weighted by Gasteiger charge is -2.26. The maximum Gasteiger partial charge on any atom is 0.475 e. The van der Waals surface area contributed by atoms with Gasteiger partial charge >= 0.3 is 7.12 Å². The SMILES string of the molecule is CC(S)(C(=O)N[C@H](Cc1coc2ccccc12)B(O)O)c1ccccc1. The van der Waals surface area contributed by atoms with Gasteiger partial charge in [-0.2, -0.15) is 12.6 Å². The van der Waals surface area contributed by atoms with E-state index in [4.69, 9.17) is 4.42 Å². The molecule has 0 fully saturated rings. The predicted octanol–water partition coefficient (Wildman–Crippen LogP) is 2.32. The maximum absolute atomic E-state index is 12.7. The Labute approximate surface area is 157 Å². The maximum atomic E-state index is 12.7. The van der Waals surface area contributed by atoms with Gasteiger partial charge in [-0.3, -0.25) is 4.79 Å². The van der Waals surface area contributed by atoms with E-state index in [0.717, 1.165) is 16.5 Å². The zero-order valence-electron chi connectivity index (χ0n) is 14.3. The van der Waals surface area contributed by atoms with E-state index in [1.54, 1.807) is 25.3 Å². The Bertz CT molecular complexity index is 895. The van der Waals surface area contributed by atoms with Crippen molar-refractivity contribution >= 4 is 36.6 Å². The molecular formula is C19H20BNO4S. The summed E-state index contributed by atoms with van der Waals surface area (Å²) in [5.41, 5.74) is 2.23. The highest BCUT2D eigenvalue weighted by Gasteiger charge is 2.35. The van der Waals surface area contributed by atoms with E-state index in [1.165, 1.54) is 0 Å². The molecule has 26 heavy (non-hydrogen) atoms. The zero-order valence-corrected chi connectivity index (χ0v) is 15.2. The van der Waals surface area contributed by atoms with Gasteiger partial charge in [-0.1, -0.05) is 48.5 Å². The van der Waals surface area contributed by atoms with Crippen molar-refractivity contribution in [1.82, 2.24) is 5.32 Å². The molecule has 0 spiro atoms. The van der Waals surface area contributed by atoms with Gasteiger partial charge in [0.2, 0.25) is 5.91 Å². The van der Waals surface area contributed by atoms with Crippen LogP contribution in [0.15, 0.2) is 65.3 Å². The standard InChI is InChI=1S/C19H20BNO4S/c1-19(26,14-7-3-2-4-8-14)18(22)21-17(20(23)24)11-13-12-25-16-10-6-5-9-15(13)16/h2-10,12,17,23-24,26H,11H2,1H3,(H,21,22)/t17-,19?/m1/s1. The summed E-state index contributed by atoms with van der Waals surface area (Å²) in [6, 6.07) is 16.6. The van der Waals surface area contributed by atoms with Gasteiger partial charge in [-0.05, 0) is 30.5 Å². The van der Waals surface area contributed by atoms with Crippen molar-refractivity contribution in [3.8, 4) is 0 Å². The molecule has 1 unspecified atom stereocenters. The van der Waals surface area contributed by atoms with Gasteiger partial charge in [-0.15, -0.1) is 0 Å². The van der Waals surface area contributed by atoms with Gasteiger partial charge in [0, 0.05) is 5.39 Å². The van der Waals surface area contributed by atoms with Crippen LogP contribution in [-0.2, 0) is 16.0 Å². The molecule has 3 aromatic rings. The third-order valence-electron chi connectivity index (χ3n) is 4.46. The second kappa shape index (κ2) is 7.57. The second-order valence-electron chi connectivity index (χ2n) is 6.39. The molecule has 0 radical (unpaired) electrons. The highest BCUT2D eigenvalue weighted by molar-refractivity contribution is 7.82. The van der Waals surface area contributed by atoms with Crippen LogP contribution in [0.4, 0.5) is 0 Å². The first-order valence-corrected chi connectivity index (χ1v) is 8.74. The minimum atomic E-state index is -1.72. The molecular weight excluding hydrogens is 349 g/mol. The number of thiol groups is 1. The molecule has 3 rings (SSSR count). The fourth-order valence-electron chi connectivity index (χ4n) is 2.86. The Balaban J connectivity index is 1.79. The van der Waals surface area contributed by atoms with E-state index in [2.05, 4.69) is 17.9 Å². The van der Waals surface area contributed by atoms with Crippen molar-refractivity contribution in [1.29, 1.82) is 0 Å². The molecule has 0 aliphatic carbocycles. The molecule has 0 aliphatic heterocycles. The second-order valence-corrected chi connectivity index (χ2v) is 7.29. The topological polar surface area (TPSA) is 82.7 Å². The largest absolute Gasteiger partial charge is 0.475 e. The average molecular weight is 369 g/mol. The van der Waals surface area contributed by atoms with E-state index < -0.39 is 23.7 Å². The summed E-state index contributed by atoms with van der Waals surface area (Å²) in [4.78, 5) is 12.7. The van der Waals surface area contributed by atoms with Gasteiger partial charge in [0.15, 0.2) is 0 Å². The fourth-order valence-corrected chi connectivity index (χ4v) is 3.08. The molecule has 0 saturated carbocycles. The molecule has 2 atom stereocenters. The quantitative estimate of drug-likeness (QED) is 0.397. The van der Waals surface area contributed by atoms with E-state index in [-0.39, 0.29) is 6.42 Å². The average Bonchev–Trinajstić information content (AvgIpc) is 3.04. The lowest BCUT2D eigenvalue weighted by atomic mass is 9.75. The van der Waals surface area contributed by atoms with E-state index in [9.17, 15) is 14.8 Å². The minimum absolute atomic E-state index is 0.221. The normalized spacial score (nSPS) is 14.6. The van der Waals surface area contributed by atoms with Crippen molar-refractivity contribution < 1.29 is 19.3 Å². The predicted molar refractivity (Wildman–Crippen MR) is 105 cm³/mol. The molecule has 1 amide bonds. The number of para-hydroxylation sites is 1. The fraction of sp³-hybridized carbons (Fsp3) is 0.211. The Kier molecular flexibility index (Phi) is 5.41. The van der Waals surface area contributed by atoms with E-state index in [1.807, 2.05) is 42.5 Å². The first-order chi connectivity index (χ1) is 12.4. The third-order valence-corrected chi connectivity index (χ3v) is 4.92. The number of nitrogens with one attached hydrogen (secondary N) is 1. The summed E-state index contributed by atoms with van der Waals surface area (Å²) < 4.78 is 4.38. The van der Waals surface area contributed by atoms with Crippen molar-refractivity contribution in [2.45, 2.75) is 24.0 Å². The van der Waals surface area contributed by atoms with Gasteiger partial charge in [0.25, 0.3) is 0 Å². The van der Waals surface area contributed by atoms with Gasteiger partial charge in [0.05, 0.1) is 12.2 Å². The Morgan fingerprint density at radius 3 is 2.54 bits per heavy atom. The molecule has 5 nitrogen and oxygen atoms in total. The number of carbonyl (C=O) groups is 1. The summed E-state index contributed by atoms with van der Waals surface area (Å²) in [6.07, 6.45) is 1.79. The number of hydrogen-bond acceptors (Lipinski definition) is 5. The molecule has 7 heteroatoms. The van der Waals surface area contributed by atoms with Crippen molar-refractivity contribution in [3.05, 3.63) is 72.0 Å². The molecule has 0 aliphatic rings. The lowest BCUT2D eigenvalue weighted by molar-refractivity contribution is -0.123. The molecule has 3 N–H and O–H groups in total. The first-order valence-electron chi connectivity index (χ1n) is 8.29. The number of amides is 1. The van der Waals surface area contributed by atoms with Crippen molar-refractivity contribution in [2.24, 2.45) is 0 Å². The molecule has 2 aromatic carbocycles. The zero-order chi connectivity index (χ0) is 18.7. The molecule has 1 heterocycles. The van der Waals surface area contributed by atoms with Crippen LogP contribution >= 0.6 is 12.6 Å². The van der Waals surface area contributed by atoms with Crippen LogP contribution < -0.4 is 5.32 Å². The van der Waals surface area contributed by atoms with Crippen LogP contribution in [0.3, 0.4) is 0 Å². The summed E-state index contributed by atoms with van der Waals surface area (Å²) in [5, 5.41) is 23.1. The number of furan rings is 1. The Morgan fingerprint density at radius 2 is 1.85 bits per heavy atom. The van der Waals surface area contributed by atoms with Crippen LogP contribution in [-0.4, -0.2) is 29.0 Å². The number of hydrogen-bond donors (Lipinski definition) is 4. The third kappa shape index (κ3) is 3.80. The highest BCUT2D eigenvalue weighted by atomic mass is 32.1. The van der Waals surface area contributed by atoms with Crippen LogP contribution in [0.5, 0.6) is 0 Å². The van der Waals surface area contributed by atoms with Gasteiger partial charge < -0.3 is 19.8 Å². The number of rotatable bonds is 6. The number of benzene rings is 2. The number of carbonyl (C=O) groups excluding carboxylic acids is 1. The summed E-state index contributed by atoms with van der Waals surface area (Å²) in [6.45, 7) is 1.68. The van der Waals surface area contributed by atoms with E-state index >= 15 is 0 Å². The van der Waals surface area contributed by atoms with Crippen molar-refractivity contribution in [2.75, 3.05) is 0 Å². The van der Waals surface area contributed by atoms with E-state index in [0.29, 0.717) is 5.58 Å². The lowest BCUT2D eigenvalue weighted by Crippen LogP contribution is -2.52. The van der Waals surface area contributed by atoms with Crippen LogP contribution in [0.1, 0.15) is 18.1 Å². The Morgan fingerprint density at radius 1 is 1.19 bits per heavy atom. The monoisotopic (exact) mass is 369 g/mol. The van der Waals surface area contributed by atoms with Gasteiger partial charge in [0.1, 0.15) is 10.3 Å². The summed E-state index contributed by atoms with van der Waals surface area (Å²) in [7, 11) is -1.72. The Hall–Kier alpha value is -2.22. The van der Waals surface area contributed by atoms with Crippen LogP contribution in [0.2, 0.25) is 0 Å². The highest BCUT2D eigenvalue weighted by Crippen LogP contribution is 2.28. The minimum Gasteiger partial charge on any atom is -0.464 e. The van der Waals surface area contributed by atoms with Gasteiger partial charge in [-0.25, -0.2) is 0 Å². The summed E-state index contributed by atoms with van der Waals surface area (Å²) >= 11 is 4.49. The summed E-state index contributed by atoms with van der Waals surface area (Å²) in [5.74, 6) is -1.29. The van der Waals surface area contributed by atoms with Crippen LogP contribution in [0, 0.1) is 0 Å². The van der Waals surface area contributed by atoms with Crippen molar-refractivity contribution in [3.63, 3.8) is 0 Å². The number of fused-ring (bicyclic) bond motifs is 1. The van der Waals surface area contributed by atoms with Crippen LogP contribution in [0.25, 0.3) is 11.0 Å². The molecule has 134 valence electrons.